The Labute approximate surface area is 127 Å². The van der Waals surface area contributed by atoms with E-state index in [0.717, 1.165) is 17.4 Å². The van der Waals surface area contributed by atoms with Crippen LogP contribution in [0.1, 0.15) is 12.5 Å². The second kappa shape index (κ2) is 6.85. The maximum Gasteiger partial charge on any atom is 0.341 e. The van der Waals surface area contributed by atoms with Crippen molar-refractivity contribution in [2.75, 3.05) is 6.61 Å². The number of nitrogens with zero attached hydrogens (tertiary/aromatic N) is 1. The van der Waals surface area contributed by atoms with Gasteiger partial charge < -0.3 is 15.5 Å². The normalized spacial score (nSPS) is 15.8. The molecule has 108 valence electrons. The molecule has 6 heteroatoms. The molecule has 2 rings (SSSR count). The van der Waals surface area contributed by atoms with Crippen LogP contribution in [0.15, 0.2) is 48.0 Å². The van der Waals surface area contributed by atoms with Gasteiger partial charge in [-0.2, -0.15) is 0 Å². The number of hydrogen-bond donors (Lipinski definition) is 2. The number of aromatic nitrogens is 1. The quantitative estimate of drug-likeness (QED) is 0.388. The van der Waals surface area contributed by atoms with Crippen LogP contribution in [0.5, 0.6) is 0 Å². The molecule has 0 saturated carbocycles. The van der Waals surface area contributed by atoms with Crippen LogP contribution in [0.2, 0.25) is 5.15 Å². The van der Waals surface area contributed by atoms with Crippen LogP contribution < -0.4 is 5.32 Å². The van der Waals surface area contributed by atoms with Gasteiger partial charge in [0.05, 0.1) is 12.3 Å². The van der Waals surface area contributed by atoms with Crippen molar-refractivity contribution in [3.8, 4) is 0 Å². The molecule has 2 N–H and O–H groups in total. The minimum atomic E-state index is -0.543. The lowest BCUT2D eigenvalue weighted by Gasteiger charge is -2.14. The largest absolute Gasteiger partial charge is 0.462 e. The van der Waals surface area contributed by atoms with Crippen LogP contribution in [-0.2, 0) is 9.53 Å². The predicted octanol–water partition coefficient (Wildman–Crippen LogP) is 2.70. The van der Waals surface area contributed by atoms with Crippen molar-refractivity contribution in [3.63, 3.8) is 0 Å². The fourth-order valence-electron chi connectivity index (χ4n) is 1.85. The third-order valence-corrected chi connectivity index (χ3v) is 3.10. The Morgan fingerprint density at radius 1 is 1.57 bits per heavy atom. The van der Waals surface area contributed by atoms with E-state index in [9.17, 15) is 4.79 Å². The van der Waals surface area contributed by atoms with Gasteiger partial charge in [-0.05, 0) is 36.8 Å². The lowest BCUT2D eigenvalue weighted by molar-refractivity contribution is -0.137. The zero-order valence-corrected chi connectivity index (χ0v) is 12.1. The van der Waals surface area contributed by atoms with Gasteiger partial charge in [0, 0.05) is 24.2 Å². The summed E-state index contributed by atoms with van der Waals surface area (Å²) >= 11 is 6.07. The number of nitrogens with one attached hydrogen (secondary N) is 2. The fourth-order valence-corrected chi connectivity index (χ4v) is 2.07. The summed E-state index contributed by atoms with van der Waals surface area (Å²) in [6.07, 6.45) is 7.81. The molecule has 0 unspecified atom stereocenters. The van der Waals surface area contributed by atoms with Crippen LogP contribution in [0, 0.1) is 5.41 Å². The Balaban J connectivity index is 2.44. The first-order valence-corrected chi connectivity index (χ1v) is 6.72. The first-order chi connectivity index (χ1) is 10.2. The highest BCUT2D eigenvalue weighted by atomic mass is 35.5. The minimum Gasteiger partial charge on any atom is -0.462 e. The summed E-state index contributed by atoms with van der Waals surface area (Å²) in [5.41, 5.74) is 2.19. The van der Waals surface area contributed by atoms with E-state index in [2.05, 4.69) is 10.3 Å². The number of dihydropyridines is 1. The number of rotatable bonds is 4. The summed E-state index contributed by atoms with van der Waals surface area (Å²) in [6, 6.07) is 3.62. The fraction of sp³-hybridized carbons (Fsp3) is 0.133. The van der Waals surface area contributed by atoms with Crippen molar-refractivity contribution in [3.05, 3.63) is 58.7 Å². The van der Waals surface area contributed by atoms with Crippen LogP contribution in [0.4, 0.5) is 0 Å². The van der Waals surface area contributed by atoms with Crippen molar-refractivity contribution in [1.82, 2.24) is 10.3 Å². The summed E-state index contributed by atoms with van der Waals surface area (Å²) < 4.78 is 4.93. The highest BCUT2D eigenvalue weighted by Crippen LogP contribution is 2.26. The maximum absolute atomic E-state index is 11.8. The summed E-state index contributed by atoms with van der Waals surface area (Å²) in [5.74, 6) is -0.543. The minimum absolute atomic E-state index is 0.152. The van der Waals surface area contributed by atoms with Gasteiger partial charge in [-0.25, -0.2) is 9.78 Å². The van der Waals surface area contributed by atoms with Crippen molar-refractivity contribution >= 4 is 29.4 Å². The van der Waals surface area contributed by atoms with E-state index in [1.165, 1.54) is 0 Å². The van der Waals surface area contributed by atoms with E-state index in [1.807, 2.05) is 12.1 Å². The zero-order valence-electron chi connectivity index (χ0n) is 11.4. The molecule has 0 bridgehead atoms. The molecule has 1 aromatic heterocycles. The van der Waals surface area contributed by atoms with E-state index in [4.69, 9.17) is 21.7 Å². The summed E-state index contributed by atoms with van der Waals surface area (Å²) in [5, 5.41) is 10.7. The monoisotopic (exact) mass is 303 g/mol. The van der Waals surface area contributed by atoms with Gasteiger partial charge >= 0.3 is 5.97 Å². The molecule has 0 aromatic carbocycles. The Morgan fingerprint density at radius 2 is 2.38 bits per heavy atom. The zero-order chi connectivity index (χ0) is 15.2. The molecule has 2 heterocycles. The lowest BCUT2D eigenvalue weighted by atomic mass is 10.0. The average molecular weight is 304 g/mol. The van der Waals surface area contributed by atoms with Gasteiger partial charge in [0.1, 0.15) is 10.7 Å². The molecule has 1 aliphatic heterocycles. The smallest absolute Gasteiger partial charge is 0.341 e. The molecular weight excluding hydrogens is 290 g/mol. The molecule has 1 aromatic rings. The number of ether oxygens (including phenoxy) is 1. The number of pyridine rings is 1. The first-order valence-electron chi connectivity index (χ1n) is 6.35. The number of halogens is 1. The van der Waals surface area contributed by atoms with Gasteiger partial charge in [0.25, 0.3) is 0 Å². The standard InChI is InChI=1S/C15H14ClN3O2/c1-2-21-15(20)12(9-17)13-8-10(5-7-18-13)11-4-3-6-19-14(11)16/h3-9,17-18H,2H2,1H3/b13-12+,17-9?. The van der Waals surface area contributed by atoms with Crippen LogP contribution in [0.3, 0.4) is 0 Å². The molecule has 0 spiro atoms. The van der Waals surface area contributed by atoms with Crippen molar-refractivity contribution < 1.29 is 9.53 Å². The van der Waals surface area contributed by atoms with Crippen molar-refractivity contribution in [1.29, 1.82) is 5.41 Å². The van der Waals surface area contributed by atoms with Gasteiger partial charge in [0.15, 0.2) is 0 Å². The van der Waals surface area contributed by atoms with Crippen LogP contribution in [-0.4, -0.2) is 23.8 Å². The van der Waals surface area contributed by atoms with Crippen LogP contribution in [0.25, 0.3) is 5.57 Å². The van der Waals surface area contributed by atoms with Crippen LogP contribution >= 0.6 is 11.6 Å². The number of carbonyl (C=O) groups is 1. The summed E-state index contributed by atoms with van der Waals surface area (Å²) in [4.78, 5) is 15.8. The Morgan fingerprint density at radius 3 is 3.05 bits per heavy atom. The molecule has 0 atom stereocenters. The molecule has 0 radical (unpaired) electrons. The molecule has 0 saturated heterocycles. The Hall–Kier alpha value is -2.40. The predicted molar refractivity (Wildman–Crippen MR) is 81.9 cm³/mol. The van der Waals surface area contributed by atoms with E-state index in [0.29, 0.717) is 10.9 Å². The van der Waals surface area contributed by atoms with E-state index in [1.54, 1.807) is 31.5 Å². The highest BCUT2D eigenvalue weighted by molar-refractivity contribution is 6.31. The lowest BCUT2D eigenvalue weighted by Crippen LogP contribution is -2.18. The second-order valence-corrected chi connectivity index (χ2v) is 4.47. The van der Waals surface area contributed by atoms with Gasteiger partial charge in [-0.3, -0.25) is 0 Å². The topological polar surface area (TPSA) is 75.1 Å². The summed E-state index contributed by atoms with van der Waals surface area (Å²) in [6.45, 7) is 1.97. The number of hydrogen-bond acceptors (Lipinski definition) is 5. The van der Waals surface area contributed by atoms with Gasteiger partial charge in [-0.15, -0.1) is 0 Å². The van der Waals surface area contributed by atoms with Gasteiger partial charge in [0.2, 0.25) is 0 Å². The van der Waals surface area contributed by atoms with Crippen molar-refractivity contribution in [2.45, 2.75) is 6.92 Å². The summed E-state index contributed by atoms with van der Waals surface area (Å²) in [7, 11) is 0. The third-order valence-electron chi connectivity index (χ3n) is 2.80. The molecule has 0 aliphatic carbocycles. The Kier molecular flexibility index (Phi) is 4.90. The van der Waals surface area contributed by atoms with Gasteiger partial charge in [-0.1, -0.05) is 11.6 Å². The number of allylic oxidation sites excluding steroid dienone is 3. The maximum atomic E-state index is 11.8. The molecule has 0 amide bonds. The van der Waals surface area contributed by atoms with E-state index < -0.39 is 5.97 Å². The Bertz CT molecular complexity index is 663. The average Bonchev–Trinajstić information content (AvgIpc) is 2.49. The first kappa shape index (κ1) is 15.0. The molecular formula is C15H14ClN3O2. The van der Waals surface area contributed by atoms with Crippen molar-refractivity contribution in [2.24, 2.45) is 0 Å². The molecule has 0 fully saturated rings. The highest BCUT2D eigenvalue weighted by Gasteiger charge is 2.16. The SMILES string of the molecule is CCOC(=O)/C(C=N)=C1\C=C(c2cccnc2Cl)C=CN1. The second-order valence-electron chi connectivity index (χ2n) is 4.11. The number of carbonyl (C=O) groups excluding carboxylic acids is 1. The molecule has 5 nitrogen and oxygen atoms in total. The number of esters is 1. The molecule has 21 heavy (non-hydrogen) atoms. The third kappa shape index (κ3) is 3.38. The van der Waals surface area contributed by atoms with E-state index >= 15 is 0 Å². The molecule has 1 aliphatic rings. The van der Waals surface area contributed by atoms with E-state index in [-0.39, 0.29) is 12.2 Å².